The van der Waals surface area contributed by atoms with Crippen LogP contribution in [0.3, 0.4) is 0 Å². The first kappa shape index (κ1) is 22.3. The summed E-state index contributed by atoms with van der Waals surface area (Å²) in [6, 6.07) is 14.5. The van der Waals surface area contributed by atoms with Gasteiger partial charge < -0.3 is 5.11 Å². The lowest BCUT2D eigenvalue weighted by molar-refractivity contribution is 0.0955. The molecule has 1 fully saturated rings. The molecule has 0 unspecified atom stereocenters. The molecular formula is C23H22ClN3O4S. The van der Waals surface area contributed by atoms with Crippen LogP contribution < -0.4 is 10.1 Å². The maximum atomic E-state index is 13.0. The minimum atomic E-state index is -3.66. The molecule has 1 saturated carbocycles. The number of phenols is 1. The quantitative estimate of drug-likeness (QED) is 0.370. The van der Waals surface area contributed by atoms with Crippen molar-refractivity contribution in [2.45, 2.75) is 36.6 Å². The van der Waals surface area contributed by atoms with Crippen LogP contribution in [0.5, 0.6) is 5.75 Å². The van der Waals surface area contributed by atoms with E-state index in [4.69, 9.17) is 11.6 Å². The van der Waals surface area contributed by atoms with E-state index < -0.39 is 15.9 Å². The molecule has 0 radical (unpaired) electrons. The van der Waals surface area contributed by atoms with Gasteiger partial charge in [0.2, 0.25) is 10.0 Å². The van der Waals surface area contributed by atoms with Gasteiger partial charge in [0.05, 0.1) is 16.1 Å². The van der Waals surface area contributed by atoms with E-state index in [9.17, 15) is 18.3 Å². The van der Waals surface area contributed by atoms with Crippen molar-refractivity contribution in [1.29, 1.82) is 0 Å². The van der Waals surface area contributed by atoms with E-state index in [0.29, 0.717) is 16.3 Å². The molecule has 0 aromatic heterocycles. The number of hydrogen-bond acceptors (Lipinski definition) is 5. The number of halogens is 1. The van der Waals surface area contributed by atoms with Gasteiger partial charge in [-0.3, -0.25) is 4.79 Å². The van der Waals surface area contributed by atoms with E-state index in [0.717, 1.165) is 25.7 Å². The van der Waals surface area contributed by atoms with Crippen molar-refractivity contribution in [1.82, 2.24) is 10.1 Å². The van der Waals surface area contributed by atoms with Crippen LogP contribution in [0.1, 0.15) is 41.6 Å². The van der Waals surface area contributed by atoms with Gasteiger partial charge >= 0.3 is 0 Å². The zero-order valence-corrected chi connectivity index (χ0v) is 18.7. The second-order valence-corrected chi connectivity index (χ2v) is 9.76. The molecule has 0 atom stereocenters. The second kappa shape index (κ2) is 9.28. The fraction of sp³-hybridized carbons (Fsp3) is 0.217. The Morgan fingerprint density at radius 1 is 1.06 bits per heavy atom. The Kier molecular flexibility index (Phi) is 6.45. The molecule has 166 valence electrons. The molecule has 9 heteroatoms. The van der Waals surface area contributed by atoms with Gasteiger partial charge in [-0.2, -0.15) is 5.10 Å². The highest BCUT2D eigenvalue weighted by atomic mass is 35.5. The van der Waals surface area contributed by atoms with Crippen molar-refractivity contribution in [3.8, 4) is 5.75 Å². The molecule has 1 aliphatic carbocycles. The lowest BCUT2D eigenvalue weighted by Gasteiger charge is -2.15. The number of sulfonamides is 1. The van der Waals surface area contributed by atoms with Gasteiger partial charge in [0.15, 0.2) is 0 Å². The molecule has 1 aliphatic rings. The van der Waals surface area contributed by atoms with Crippen molar-refractivity contribution in [3.05, 3.63) is 70.7 Å². The molecule has 7 nitrogen and oxygen atoms in total. The average Bonchev–Trinajstić information content (AvgIpc) is 3.27. The number of carbonyl (C=O) groups is 1. The summed E-state index contributed by atoms with van der Waals surface area (Å²) in [5, 5.41) is 14.8. The van der Waals surface area contributed by atoms with E-state index in [-0.39, 0.29) is 27.3 Å². The summed E-state index contributed by atoms with van der Waals surface area (Å²) in [6.45, 7) is 0. The first-order chi connectivity index (χ1) is 15.3. The maximum absolute atomic E-state index is 13.0. The summed E-state index contributed by atoms with van der Waals surface area (Å²) >= 11 is 5.84. The van der Waals surface area contributed by atoms with Crippen LogP contribution in [0.15, 0.2) is 64.6 Å². The number of amides is 1. The van der Waals surface area contributed by atoms with Gasteiger partial charge in [0.1, 0.15) is 5.75 Å². The Labute approximate surface area is 191 Å². The number of carbonyl (C=O) groups excluding carboxylic acids is 1. The fourth-order valence-electron chi connectivity index (χ4n) is 3.84. The number of phenolic OH excluding ortho intramolecular Hbond substituents is 1. The summed E-state index contributed by atoms with van der Waals surface area (Å²) in [4.78, 5) is 12.5. The van der Waals surface area contributed by atoms with Crippen LogP contribution in [0.25, 0.3) is 10.8 Å². The Hall–Kier alpha value is -2.94. The summed E-state index contributed by atoms with van der Waals surface area (Å²) < 4.78 is 28.8. The van der Waals surface area contributed by atoms with E-state index >= 15 is 0 Å². The highest BCUT2D eigenvalue weighted by Gasteiger charge is 2.24. The van der Waals surface area contributed by atoms with E-state index in [1.165, 1.54) is 24.4 Å². The number of fused-ring (bicyclic) bond motifs is 1. The smallest absolute Gasteiger partial charge is 0.271 e. The van der Waals surface area contributed by atoms with E-state index in [1.807, 2.05) is 12.1 Å². The minimum absolute atomic E-state index is 0.0244. The van der Waals surface area contributed by atoms with Gasteiger partial charge in [0.25, 0.3) is 5.91 Å². The number of aromatic hydroxyl groups is 1. The van der Waals surface area contributed by atoms with Crippen LogP contribution in [-0.2, 0) is 10.0 Å². The predicted octanol–water partition coefficient (Wildman–Crippen LogP) is 4.18. The fourth-order valence-corrected chi connectivity index (χ4v) is 5.54. The van der Waals surface area contributed by atoms with Crippen LogP contribution in [-0.4, -0.2) is 31.7 Å². The Balaban J connectivity index is 1.58. The zero-order chi connectivity index (χ0) is 22.7. The molecule has 0 spiro atoms. The van der Waals surface area contributed by atoms with Gasteiger partial charge in [-0.15, -0.1) is 0 Å². The zero-order valence-electron chi connectivity index (χ0n) is 17.1. The van der Waals surface area contributed by atoms with Crippen LogP contribution >= 0.6 is 11.6 Å². The first-order valence-electron chi connectivity index (χ1n) is 10.2. The third-order valence-electron chi connectivity index (χ3n) is 5.46. The predicted molar refractivity (Wildman–Crippen MR) is 125 cm³/mol. The molecule has 0 heterocycles. The molecule has 1 amide bonds. The minimum Gasteiger partial charge on any atom is -0.506 e. The Morgan fingerprint density at radius 3 is 2.50 bits per heavy atom. The lowest BCUT2D eigenvalue weighted by Crippen LogP contribution is -2.32. The summed E-state index contributed by atoms with van der Waals surface area (Å²) in [5.74, 6) is -0.608. The monoisotopic (exact) mass is 471 g/mol. The Bertz CT molecular complexity index is 1300. The van der Waals surface area contributed by atoms with Crippen molar-refractivity contribution >= 4 is 44.5 Å². The largest absolute Gasteiger partial charge is 0.506 e. The highest BCUT2D eigenvalue weighted by Crippen LogP contribution is 2.27. The van der Waals surface area contributed by atoms with E-state index in [1.54, 1.807) is 24.3 Å². The number of hydrazone groups is 1. The number of benzene rings is 3. The van der Waals surface area contributed by atoms with Crippen molar-refractivity contribution in [2.24, 2.45) is 5.10 Å². The van der Waals surface area contributed by atoms with Crippen LogP contribution in [0.2, 0.25) is 5.02 Å². The van der Waals surface area contributed by atoms with Gasteiger partial charge in [-0.05, 0) is 42.5 Å². The molecule has 4 rings (SSSR count). The normalized spacial score (nSPS) is 14.9. The topological polar surface area (TPSA) is 108 Å². The lowest BCUT2D eigenvalue weighted by atomic mass is 10.1. The molecule has 0 aliphatic heterocycles. The number of nitrogens with one attached hydrogen (secondary N) is 2. The van der Waals surface area contributed by atoms with Gasteiger partial charge in [-0.1, -0.05) is 54.8 Å². The molecule has 0 saturated heterocycles. The molecule has 0 bridgehead atoms. The van der Waals surface area contributed by atoms with Crippen molar-refractivity contribution < 1.29 is 18.3 Å². The number of rotatable bonds is 6. The van der Waals surface area contributed by atoms with Gasteiger partial charge in [-0.25, -0.2) is 18.6 Å². The number of hydrogen-bond donors (Lipinski definition) is 3. The summed E-state index contributed by atoms with van der Waals surface area (Å²) in [5.41, 5.74) is 3.31. The molecular weight excluding hydrogens is 450 g/mol. The second-order valence-electron chi connectivity index (χ2n) is 7.67. The SMILES string of the molecule is O=C(NN=Cc1ccc(S(=O)(=O)NC2CCCC2)c2ccccc12)c1ccc(O)c(Cl)c1. The summed E-state index contributed by atoms with van der Waals surface area (Å²) in [6.07, 6.45) is 5.24. The molecule has 32 heavy (non-hydrogen) atoms. The number of nitrogens with zero attached hydrogens (tertiary/aromatic N) is 1. The third-order valence-corrected chi connectivity index (χ3v) is 7.35. The maximum Gasteiger partial charge on any atom is 0.271 e. The van der Waals surface area contributed by atoms with Crippen molar-refractivity contribution in [3.63, 3.8) is 0 Å². The first-order valence-corrected chi connectivity index (χ1v) is 12.1. The van der Waals surface area contributed by atoms with Gasteiger partial charge in [0, 0.05) is 22.6 Å². The molecule has 3 N–H and O–H groups in total. The van der Waals surface area contributed by atoms with Crippen LogP contribution in [0.4, 0.5) is 0 Å². The average molecular weight is 472 g/mol. The molecule has 3 aromatic carbocycles. The Morgan fingerprint density at radius 2 is 1.78 bits per heavy atom. The van der Waals surface area contributed by atoms with Crippen LogP contribution in [0, 0.1) is 0 Å². The molecule has 3 aromatic rings. The highest BCUT2D eigenvalue weighted by molar-refractivity contribution is 7.89. The standard InChI is InChI=1S/C23H22ClN3O4S/c24-20-13-15(9-11-21(20)28)23(29)26-25-14-16-10-12-22(19-8-4-3-7-18(16)19)32(30,31)27-17-5-1-2-6-17/h3-4,7-14,17,27-28H,1-2,5-6H2,(H,26,29). The third kappa shape index (κ3) is 4.77. The van der Waals surface area contributed by atoms with E-state index in [2.05, 4.69) is 15.2 Å². The van der Waals surface area contributed by atoms with Crippen molar-refractivity contribution in [2.75, 3.05) is 0 Å². The summed E-state index contributed by atoms with van der Waals surface area (Å²) in [7, 11) is -3.66.